The van der Waals surface area contributed by atoms with Gasteiger partial charge in [0, 0.05) is 23.7 Å². The molecule has 0 saturated heterocycles. The molecule has 1 N–H and O–H groups in total. The Hall–Kier alpha value is -2.19. The fourth-order valence-corrected chi connectivity index (χ4v) is 3.70. The molecule has 0 amide bonds. The van der Waals surface area contributed by atoms with Crippen molar-refractivity contribution in [3.63, 3.8) is 0 Å². The molecule has 0 saturated carbocycles. The molecule has 0 spiro atoms. The van der Waals surface area contributed by atoms with E-state index >= 15 is 0 Å². The molecule has 0 aliphatic heterocycles. The summed E-state index contributed by atoms with van der Waals surface area (Å²) in [5.41, 5.74) is 4.61. The van der Waals surface area contributed by atoms with Gasteiger partial charge in [-0.1, -0.05) is 68.0 Å². The van der Waals surface area contributed by atoms with E-state index in [0.29, 0.717) is 0 Å². The van der Waals surface area contributed by atoms with Gasteiger partial charge < -0.3 is 10.3 Å². The summed E-state index contributed by atoms with van der Waals surface area (Å²) in [5.74, 6) is 0.281. The molecular formula is C23H28N2. The third-order valence-electron chi connectivity index (χ3n) is 4.89. The lowest BCUT2D eigenvalue weighted by Gasteiger charge is -2.22. The highest BCUT2D eigenvalue weighted by Gasteiger charge is 2.23. The van der Waals surface area contributed by atoms with Crippen LogP contribution in [0.5, 0.6) is 0 Å². The van der Waals surface area contributed by atoms with Crippen molar-refractivity contribution in [3.05, 3.63) is 71.3 Å². The molecule has 0 aromatic heterocycles. The number of hydrogen-bond acceptors (Lipinski definition) is 2. The Labute approximate surface area is 151 Å². The Morgan fingerprint density at radius 1 is 1.12 bits per heavy atom. The van der Waals surface area contributed by atoms with E-state index in [0.717, 1.165) is 37.1 Å². The second-order valence-corrected chi connectivity index (χ2v) is 7.17. The lowest BCUT2D eigenvalue weighted by atomic mass is 9.84. The van der Waals surface area contributed by atoms with Gasteiger partial charge in [0.2, 0.25) is 0 Å². The fraction of sp³-hybridized carbons (Fsp3) is 0.348. The lowest BCUT2D eigenvalue weighted by molar-refractivity contribution is 0.439. The fourth-order valence-electron chi connectivity index (χ4n) is 3.70. The highest BCUT2D eigenvalue weighted by Crippen LogP contribution is 2.36. The average molecular weight is 332 g/mol. The van der Waals surface area contributed by atoms with Gasteiger partial charge >= 0.3 is 0 Å². The number of unbranched alkanes of at least 4 members (excludes halogenated alkanes) is 1. The molecule has 2 aromatic carbocycles. The van der Waals surface area contributed by atoms with Crippen LogP contribution in [0.2, 0.25) is 0 Å². The van der Waals surface area contributed by atoms with Gasteiger partial charge in [-0.3, -0.25) is 0 Å². The summed E-state index contributed by atoms with van der Waals surface area (Å²) in [6, 6.07) is 12.9. The molecule has 0 radical (unpaired) electrons. The minimum atomic E-state index is 0.281. The Balaban J connectivity index is 2.10. The van der Waals surface area contributed by atoms with Crippen molar-refractivity contribution in [2.45, 2.75) is 32.1 Å². The Bertz CT molecular complexity index is 827. The second-order valence-electron chi connectivity index (χ2n) is 7.17. The predicted molar refractivity (Wildman–Crippen MR) is 109 cm³/mol. The number of hydrogen-bond donors (Lipinski definition) is 1. The normalized spacial score (nSPS) is 16.6. The van der Waals surface area contributed by atoms with Crippen molar-refractivity contribution in [2.75, 3.05) is 20.6 Å². The van der Waals surface area contributed by atoms with Gasteiger partial charge in [0.15, 0.2) is 0 Å². The highest BCUT2D eigenvalue weighted by atomic mass is 15.0. The number of nitrogens with zero attached hydrogens (tertiary/aromatic N) is 1. The first-order valence-electron chi connectivity index (χ1n) is 9.23. The smallest absolute Gasteiger partial charge is 0.0395 e. The van der Waals surface area contributed by atoms with Crippen LogP contribution in [-0.4, -0.2) is 31.3 Å². The summed E-state index contributed by atoms with van der Waals surface area (Å²) >= 11 is 0. The molecule has 1 aliphatic rings. The third kappa shape index (κ3) is 3.74. The number of benzene rings is 2. The van der Waals surface area contributed by atoms with Crippen LogP contribution < -0.4 is 0 Å². The van der Waals surface area contributed by atoms with Gasteiger partial charge in [-0.25, -0.2) is 0 Å². The standard InChI is InChI=1S/C23H28N2/c1-4-5-13-22(24)23-20-11-7-6-9-17(20)14-15-21(23)19-12-8-10-18(19)16-25(2)3/h6-12,14-15,19,24H,4-5,13,16H2,1-3H3. The third-order valence-corrected chi connectivity index (χ3v) is 4.89. The van der Waals surface area contributed by atoms with E-state index in [1.807, 2.05) is 0 Å². The van der Waals surface area contributed by atoms with Gasteiger partial charge in [-0.2, -0.15) is 0 Å². The molecule has 3 rings (SSSR count). The molecule has 1 unspecified atom stereocenters. The Morgan fingerprint density at radius 2 is 1.92 bits per heavy atom. The summed E-state index contributed by atoms with van der Waals surface area (Å²) in [6.07, 6.45) is 9.72. The van der Waals surface area contributed by atoms with Crippen LogP contribution in [0, 0.1) is 5.41 Å². The van der Waals surface area contributed by atoms with E-state index in [1.165, 1.54) is 21.9 Å². The van der Waals surface area contributed by atoms with Crippen LogP contribution in [0.4, 0.5) is 0 Å². The molecule has 0 fully saturated rings. The Kier molecular flexibility index (Phi) is 5.50. The number of fused-ring (bicyclic) bond motifs is 1. The van der Waals surface area contributed by atoms with E-state index in [4.69, 9.17) is 5.41 Å². The average Bonchev–Trinajstić information content (AvgIpc) is 3.05. The molecule has 1 atom stereocenters. The summed E-state index contributed by atoms with van der Waals surface area (Å²) < 4.78 is 0. The second kappa shape index (κ2) is 7.79. The molecule has 0 bridgehead atoms. The first-order valence-corrected chi connectivity index (χ1v) is 9.23. The van der Waals surface area contributed by atoms with E-state index < -0.39 is 0 Å². The molecule has 130 valence electrons. The van der Waals surface area contributed by atoms with Crippen molar-refractivity contribution < 1.29 is 0 Å². The molecular weight excluding hydrogens is 304 g/mol. The minimum Gasteiger partial charge on any atom is -0.305 e. The monoisotopic (exact) mass is 332 g/mol. The topological polar surface area (TPSA) is 27.1 Å². The summed E-state index contributed by atoms with van der Waals surface area (Å²) in [4.78, 5) is 2.22. The number of rotatable bonds is 7. The van der Waals surface area contributed by atoms with Crippen LogP contribution in [-0.2, 0) is 0 Å². The quantitative estimate of drug-likeness (QED) is 0.662. The summed E-state index contributed by atoms with van der Waals surface area (Å²) in [6.45, 7) is 3.14. The highest BCUT2D eigenvalue weighted by molar-refractivity contribution is 6.11. The van der Waals surface area contributed by atoms with Gasteiger partial charge in [0.1, 0.15) is 0 Å². The maximum Gasteiger partial charge on any atom is 0.0395 e. The summed E-state index contributed by atoms with van der Waals surface area (Å²) in [5, 5.41) is 11.2. The van der Waals surface area contributed by atoms with Crippen molar-refractivity contribution >= 4 is 16.5 Å². The first kappa shape index (κ1) is 17.6. The van der Waals surface area contributed by atoms with E-state index in [2.05, 4.69) is 80.5 Å². The van der Waals surface area contributed by atoms with Crippen molar-refractivity contribution in [1.29, 1.82) is 5.41 Å². The molecule has 0 heterocycles. The number of allylic oxidation sites excluding steroid dienone is 3. The van der Waals surface area contributed by atoms with Crippen molar-refractivity contribution in [1.82, 2.24) is 4.90 Å². The van der Waals surface area contributed by atoms with Crippen molar-refractivity contribution in [3.8, 4) is 0 Å². The molecule has 2 nitrogen and oxygen atoms in total. The van der Waals surface area contributed by atoms with Gasteiger partial charge in [-0.05, 0) is 48.8 Å². The van der Waals surface area contributed by atoms with E-state index in [-0.39, 0.29) is 5.92 Å². The van der Waals surface area contributed by atoms with Crippen LogP contribution in [0.1, 0.15) is 43.2 Å². The summed E-state index contributed by atoms with van der Waals surface area (Å²) in [7, 11) is 4.22. The Morgan fingerprint density at radius 3 is 2.68 bits per heavy atom. The maximum atomic E-state index is 8.77. The maximum absolute atomic E-state index is 8.77. The molecule has 25 heavy (non-hydrogen) atoms. The number of nitrogens with one attached hydrogen (secondary N) is 1. The zero-order chi connectivity index (χ0) is 17.8. The predicted octanol–water partition coefficient (Wildman–Crippen LogP) is 5.54. The van der Waals surface area contributed by atoms with E-state index in [1.54, 1.807) is 0 Å². The van der Waals surface area contributed by atoms with Gasteiger partial charge in [0.25, 0.3) is 0 Å². The van der Waals surface area contributed by atoms with Crippen LogP contribution >= 0.6 is 0 Å². The zero-order valence-corrected chi connectivity index (χ0v) is 15.5. The zero-order valence-electron chi connectivity index (χ0n) is 15.5. The van der Waals surface area contributed by atoms with Crippen LogP contribution in [0.25, 0.3) is 10.8 Å². The molecule has 2 aromatic rings. The minimum absolute atomic E-state index is 0.281. The SMILES string of the molecule is CCCCC(=N)c1c(C2C=CC=C2CN(C)C)ccc2ccccc12. The van der Waals surface area contributed by atoms with Crippen LogP contribution in [0.15, 0.2) is 60.2 Å². The molecule has 2 heteroatoms. The molecule has 1 aliphatic carbocycles. The van der Waals surface area contributed by atoms with Crippen LogP contribution in [0.3, 0.4) is 0 Å². The lowest BCUT2D eigenvalue weighted by Crippen LogP contribution is -2.18. The van der Waals surface area contributed by atoms with E-state index in [9.17, 15) is 0 Å². The van der Waals surface area contributed by atoms with Gasteiger partial charge in [0.05, 0.1) is 0 Å². The van der Waals surface area contributed by atoms with Crippen molar-refractivity contribution in [2.24, 2.45) is 0 Å². The number of likely N-dealkylation sites (N-methyl/N-ethyl adjacent to an activating group) is 1. The van der Waals surface area contributed by atoms with Gasteiger partial charge in [-0.15, -0.1) is 0 Å². The largest absolute Gasteiger partial charge is 0.305 e. The first-order chi connectivity index (χ1) is 12.1.